The van der Waals surface area contributed by atoms with Gasteiger partial charge in [-0.25, -0.2) is 9.78 Å². The van der Waals surface area contributed by atoms with Gasteiger partial charge in [-0.1, -0.05) is 15.9 Å². The summed E-state index contributed by atoms with van der Waals surface area (Å²) in [6, 6.07) is 9.82. The highest BCUT2D eigenvalue weighted by molar-refractivity contribution is 9.10. The maximum atomic E-state index is 11.7. The minimum Gasteiger partial charge on any atom is -0.462 e. The molecule has 0 atom stereocenters. The van der Waals surface area contributed by atoms with Gasteiger partial charge < -0.3 is 4.74 Å². The van der Waals surface area contributed by atoms with Crippen LogP contribution in [0, 0.1) is 0 Å². The Morgan fingerprint density at radius 2 is 2.16 bits per heavy atom. The van der Waals surface area contributed by atoms with Gasteiger partial charge in [-0.15, -0.1) is 11.3 Å². The minimum absolute atomic E-state index is 0.282. The number of nitrogens with zero attached hydrogens (tertiary/aromatic N) is 1. The first-order valence-corrected chi connectivity index (χ1v) is 7.45. The van der Waals surface area contributed by atoms with Crippen LogP contribution >= 0.6 is 27.3 Å². The fourth-order valence-electron chi connectivity index (χ4n) is 1.91. The number of carbonyl (C=O) groups is 1. The molecule has 1 aromatic carbocycles. The average Bonchev–Trinajstić information content (AvgIpc) is 2.79. The summed E-state index contributed by atoms with van der Waals surface area (Å²) in [4.78, 5) is 17.7. The van der Waals surface area contributed by atoms with Gasteiger partial charge in [0, 0.05) is 15.2 Å². The molecule has 5 heteroatoms. The molecule has 3 nitrogen and oxygen atoms in total. The number of ether oxygens (including phenoxy) is 1. The van der Waals surface area contributed by atoms with Crippen molar-refractivity contribution in [3.63, 3.8) is 0 Å². The zero-order valence-corrected chi connectivity index (χ0v) is 12.5. The highest BCUT2D eigenvalue weighted by Crippen LogP contribution is 2.29. The number of halogens is 1. The third-order valence-electron chi connectivity index (χ3n) is 2.74. The maximum absolute atomic E-state index is 11.7. The lowest BCUT2D eigenvalue weighted by Crippen LogP contribution is -2.01. The minimum atomic E-state index is -0.282. The first-order valence-electron chi connectivity index (χ1n) is 5.84. The Morgan fingerprint density at radius 3 is 2.95 bits per heavy atom. The molecular formula is C14H10BrNO2S. The van der Waals surface area contributed by atoms with E-state index in [9.17, 15) is 4.79 Å². The summed E-state index contributed by atoms with van der Waals surface area (Å²) < 4.78 is 6.03. The van der Waals surface area contributed by atoms with E-state index in [1.165, 1.54) is 11.3 Å². The number of benzene rings is 1. The number of pyridine rings is 1. The molecule has 0 aliphatic heterocycles. The topological polar surface area (TPSA) is 39.2 Å². The van der Waals surface area contributed by atoms with Gasteiger partial charge in [0.05, 0.1) is 12.1 Å². The summed E-state index contributed by atoms with van der Waals surface area (Å²) in [6.07, 6.45) is 0. The number of esters is 1. The fourth-order valence-corrected chi connectivity index (χ4v) is 3.20. The molecule has 0 radical (unpaired) electrons. The fraction of sp³-hybridized carbons (Fsp3) is 0.143. The van der Waals surface area contributed by atoms with Crippen molar-refractivity contribution in [1.82, 2.24) is 4.98 Å². The molecule has 0 saturated heterocycles. The second-order valence-corrected chi connectivity index (χ2v) is 6.00. The Hall–Kier alpha value is -1.46. The molecule has 2 aromatic heterocycles. The molecule has 2 heterocycles. The maximum Gasteiger partial charge on any atom is 0.348 e. The van der Waals surface area contributed by atoms with Gasteiger partial charge in [0.15, 0.2) is 0 Å². The summed E-state index contributed by atoms with van der Waals surface area (Å²) in [7, 11) is 0. The highest BCUT2D eigenvalue weighted by atomic mass is 79.9. The summed E-state index contributed by atoms with van der Waals surface area (Å²) in [5, 5.41) is 2.02. The number of carbonyl (C=O) groups excluding carboxylic acids is 1. The van der Waals surface area contributed by atoms with Gasteiger partial charge in [-0.2, -0.15) is 0 Å². The van der Waals surface area contributed by atoms with Crippen LogP contribution in [0.15, 0.2) is 34.8 Å². The SMILES string of the molecule is CCOC(=O)c1cc2cc3cc(Br)ccc3nc2s1. The molecule has 0 spiro atoms. The Labute approximate surface area is 122 Å². The van der Waals surface area contributed by atoms with Crippen molar-refractivity contribution in [3.05, 3.63) is 39.7 Å². The van der Waals surface area contributed by atoms with E-state index in [1.807, 2.05) is 30.3 Å². The van der Waals surface area contributed by atoms with Gasteiger partial charge in [-0.3, -0.25) is 0 Å². The first kappa shape index (κ1) is 12.6. The molecule has 0 fully saturated rings. The van der Waals surface area contributed by atoms with E-state index in [-0.39, 0.29) is 5.97 Å². The number of hydrogen-bond acceptors (Lipinski definition) is 4. The predicted molar refractivity (Wildman–Crippen MR) is 80.8 cm³/mol. The van der Waals surface area contributed by atoms with E-state index in [1.54, 1.807) is 6.92 Å². The van der Waals surface area contributed by atoms with Gasteiger partial charge in [-0.05, 0) is 37.3 Å². The van der Waals surface area contributed by atoms with Crippen LogP contribution in [0.4, 0.5) is 0 Å². The zero-order valence-electron chi connectivity index (χ0n) is 10.1. The van der Waals surface area contributed by atoms with Crippen LogP contribution < -0.4 is 0 Å². The van der Waals surface area contributed by atoms with E-state index >= 15 is 0 Å². The van der Waals surface area contributed by atoms with Crippen LogP contribution in [0.5, 0.6) is 0 Å². The van der Waals surface area contributed by atoms with Gasteiger partial charge in [0.1, 0.15) is 9.71 Å². The number of hydrogen-bond donors (Lipinski definition) is 0. The van der Waals surface area contributed by atoms with E-state index < -0.39 is 0 Å². The number of fused-ring (bicyclic) bond motifs is 2. The molecule has 3 aromatic rings. The van der Waals surface area contributed by atoms with Crippen molar-refractivity contribution < 1.29 is 9.53 Å². The molecule has 0 saturated carbocycles. The Morgan fingerprint density at radius 1 is 1.32 bits per heavy atom. The smallest absolute Gasteiger partial charge is 0.348 e. The van der Waals surface area contributed by atoms with Crippen LogP contribution in [0.1, 0.15) is 16.6 Å². The van der Waals surface area contributed by atoms with Crippen LogP contribution in [0.2, 0.25) is 0 Å². The number of thiophene rings is 1. The lowest BCUT2D eigenvalue weighted by molar-refractivity contribution is 0.0532. The standard InChI is InChI=1S/C14H10BrNO2S/c1-2-18-14(17)12-7-9-5-8-6-10(15)3-4-11(8)16-13(9)19-12/h3-7H,2H2,1H3. The van der Waals surface area contributed by atoms with Gasteiger partial charge >= 0.3 is 5.97 Å². The molecular weight excluding hydrogens is 326 g/mol. The molecule has 0 N–H and O–H groups in total. The molecule has 96 valence electrons. The molecule has 0 unspecified atom stereocenters. The molecule has 19 heavy (non-hydrogen) atoms. The lowest BCUT2D eigenvalue weighted by atomic mass is 10.2. The average molecular weight is 336 g/mol. The van der Waals surface area contributed by atoms with Crippen LogP contribution in [0.25, 0.3) is 21.1 Å². The van der Waals surface area contributed by atoms with Crippen LogP contribution in [-0.4, -0.2) is 17.6 Å². The summed E-state index contributed by atoms with van der Waals surface area (Å²) >= 11 is 4.81. The molecule has 0 amide bonds. The molecule has 3 rings (SSSR count). The van der Waals surface area contributed by atoms with Gasteiger partial charge in [0.25, 0.3) is 0 Å². The number of aromatic nitrogens is 1. The zero-order chi connectivity index (χ0) is 13.4. The molecule has 0 aliphatic rings. The summed E-state index contributed by atoms with van der Waals surface area (Å²) in [6.45, 7) is 2.19. The van der Waals surface area contributed by atoms with Crippen molar-refractivity contribution in [3.8, 4) is 0 Å². The second kappa shape index (κ2) is 4.90. The van der Waals surface area contributed by atoms with Crippen LogP contribution in [0.3, 0.4) is 0 Å². The Bertz CT molecular complexity index is 782. The number of rotatable bonds is 2. The van der Waals surface area contributed by atoms with E-state index in [0.717, 1.165) is 25.6 Å². The van der Waals surface area contributed by atoms with Crippen molar-refractivity contribution in [2.75, 3.05) is 6.61 Å². The molecule has 0 bridgehead atoms. The van der Waals surface area contributed by atoms with Gasteiger partial charge in [0.2, 0.25) is 0 Å². The van der Waals surface area contributed by atoms with Crippen molar-refractivity contribution in [1.29, 1.82) is 0 Å². The lowest BCUT2D eigenvalue weighted by Gasteiger charge is -1.97. The largest absolute Gasteiger partial charge is 0.462 e. The summed E-state index contributed by atoms with van der Waals surface area (Å²) in [5.41, 5.74) is 0.924. The second-order valence-electron chi connectivity index (χ2n) is 4.05. The van der Waals surface area contributed by atoms with Crippen molar-refractivity contribution in [2.24, 2.45) is 0 Å². The highest BCUT2D eigenvalue weighted by Gasteiger charge is 2.12. The Balaban J connectivity index is 2.17. The van der Waals surface area contributed by atoms with E-state index in [0.29, 0.717) is 11.5 Å². The van der Waals surface area contributed by atoms with Crippen LogP contribution in [-0.2, 0) is 4.74 Å². The third-order valence-corrected chi connectivity index (χ3v) is 4.26. The molecule has 0 aliphatic carbocycles. The summed E-state index contributed by atoms with van der Waals surface area (Å²) in [5.74, 6) is -0.282. The predicted octanol–water partition coefficient (Wildman–Crippen LogP) is 4.39. The van der Waals surface area contributed by atoms with Crippen molar-refractivity contribution in [2.45, 2.75) is 6.92 Å². The third kappa shape index (κ3) is 2.35. The van der Waals surface area contributed by atoms with Crippen molar-refractivity contribution >= 4 is 54.4 Å². The first-order chi connectivity index (χ1) is 9.17. The van der Waals surface area contributed by atoms with E-state index in [4.69, 9.17) is 4.74 Å². The Kier molecular flexibility index (Phi) is 3.24. The monoisotopic (exact) mass is 335 g/mol. The van der Waals surface area contributed by atoms with E-state index in [2.05, 4.69) is 20.9 Å². The quantitative estimate of drug-likeness (QED) is 0.652. The normalized spacial score (nSPS) is 11.1.